The third-order valence-corrected chi connectivity index (χ3v) is 5.67. The lowest BCUT2D eigenvalue weighted by Crippen LogP contribution is -2.27. The molecule has 0 saturated heterocycles. The molecule has 2 rings (SSSR count). The Balaban J connectivity index is 2.06. The van der Waals surface area contributed by atoms with E-state index in [2.05, 4.69) is 14.9 Å². The number of sulfonamides is 1. The van der Waals surface area contributed by atoms with Crippen molar-refractivity contribution < 1.29 is 8.42 Å². The Morgan fingerprint density at radius 2 is 2.25 bits per heavy atom. The predicted octanol–water partition coefficient (Wildman–Crippen LogP) is 1.41. The number of aromatic amines is 1. The fraction of sp³-hybridized carbons (Fsp3) is 0.364. The van der Waals surface area contributed by atoms with E-state index < -0.39 is 10.0 Å². The molecule has 6 nitrogen and oxygen atoms in total. The lowest BCUT2D eigenvalue weighted by atomic mass is 10.3. The normalized spacial score (nSPS) is 11.9. The van der Waals surface area contributed by atoms with Gasteiger partial charge in [0.1, 0.15) is 4.90 Å². The SMILES string of the molecule is Cc1[nH]nc(CN)c1S(=O)(=O)NCCc1ccc(Cl)s1. The van der Waals surface area contributed by atoms with E-state index in [1.807, 2.05) is 6.07 Å². The van der Waals surface area contributed by atoms with Crippen molar-refractivity contribution in [3.8, 4) is 0 Å². The van der Waals surface area contributed by atoms with Gasteiger partial charge < -0.3 is 5.73 Å². The zero-order valence-electron chi connectivity index (χ0n) is 10.8. The first kappa shape index (κ1) is 15.5. The van der Waals surface area contributed by atoms with Crippen molar-refractivity contribution >= 4 is 33.0 Å². The minimum atomic E-state index is -3.61. The first-order valence-corrected chi connectivity index (χ1v) is 8.59. The van der Waals surface area contributed by atoms with Crippen LogP contribution in [-0.4, -0.2) is 25.2 Å². The molecule has 9 heteroatoms. The fourth-order valence-corrected chi connectivity index (χ4v) is 4.32. The highest BCUT2D eigenvalue weighted by atomic mass is 35.5. The highest BCUT2D eigenvalue weighted by molar-refractivity contribution is 7.89. The minimum Gasteiger partial charge on any atom is -0.325 e. The van der Waals surface area contributed by atoms with Crippen LogP contribution in [0.15, 0.2) is 17.0 Å². The minimum absolute atomic E-state index is 0.0706. The van der Waals surface area contributed by atoms with Gasteiger partial charge in [-0.2, -0.15) is 5.10 Å². The Bertz CT molecular complexity index is 693. The summed E-state index contributed by atoms with van der Waals surface area (Å²) in [7, 11) is -3.61. The van der Waals surface area contributed by atoms with E-state index in [1.54, 1.807) is 13.0 Å². The molecular weight excluding hydrogens is 320 g/mol. The van der Waals surface area contributed by atoms with Crippen molar-refractivity contribution in [2.75, 3.05) is 6.54 Å². The van der Waals surface area contributed by atoms with Crippen LogP contribution in [-0.2, 0) is 23.0 Å². The first-order chi connectivity index (χ1) is 9.44. The Morgan fingerprint density at radius 1 is 1.50 bits per heavy atom. The summed E-state index contributed by atoms with van der Waals surface area (Å²) in [6, 6.07) is 3.68. The van der Waals surface area contributed by atoms with Gasteiger partial charge in [0.15, 0.2) is 0 Å². The summed E-state index contributed by atoms with van der Waals surface area (Å²) >= 11 is 7.26. The highest BCUT2D eigenvalue weighted by Gasteiger charge is 2.23. The molecule has 0 amide bonds. The van der Waals surface area contributed by atoms with Gasteiger partial charge in [0.05, 0.1) is 15.7 Å². The molecule has 0 radical (unpaired) electrons. The van der Waals surface area contributed by atoms with Gasteiger partial charge in [-0.3, -0.25) is 5.10 Å². The molecule has 0 aliphatic rings. The molecule has 4 N–H and O–H groups in total. The van der Waals surface area contributed by atoms with Crippen molar-refractivity contribution in [1.29, 1.82) is 0 Å². The first-order valence-electron chi connectivity index (χ1n) is 5.92. The van der Waals surface area contributed by atoms with Crippen molar-refractivity contribution in [2.24, 2.45) is 5.73 Å². The standard InChI is InChI=1S/C11H15ClN4O2S2/c1-7-11(9(6-13)16-15-7)20(17,18)14-5-4-8-2-3-10(12)19-8/h2-3,14H,4-6,13H2,1H3,(H,15,16). The molecule has 0 atom stereocenters. The number of H-pyrrole nitrogens is 1. The van der Waals surface area contributed by atoms with Gasteiger partial charge in [-0.05, 0) is 25.5 Å². The summed E-state index contributed by atoms with van der Waals surface area (Å²) in [5.74, 6) is 0. The number of aryl methyl sites for hydroxylation is 1. The molecule has 0 aliphatic heterocycles. The van der Waals surface area contributed by atoms with Gasteiger partial charge in [-0.1, -0.05) is 11.6 Å². The monoisotopic (exact) mass is 334 g/mol. The van der Waals surface area contributed by atoms with Crippen LogP contribution < -0.4 is 10.5 Å². The molecule has 2 aromatic heterocycles. The summed E-state index contributed by atoms with van der Waals surface area (Å²) in [6.45, 7) is 2.02. The summed E-state index contributed by atoms with van der Waals surface area (Å²) in [6.07, 6.45) is 0.589. The van der Waals surface area contributed by atoms with E-state index >= 15 is 0 Å². The van der Waals surface area contributed by atoms with Crippen LogP contribution in [0.3, 0.4) is 0 Å². The number of thiophene rings is 1. The van der Waals surface area contributed by atoms with Crippen molar-refractivity contribution in [1.82, 2.24) is 14.9 Å². The zero-order chi connectivity index (χ0) is 14.8. The Hall–Kier alpha value is -0.930. The number of hydrogen-bond acceptors (Lipinski definition) is 5. The molecule has 110 valence electrons. The Labute approximate surface area is 126 Å². The van der Waals surface area contributed by atoms with E-state index in [4.69, 9.17) is 17.3 Å². The average Bonchev–Trinajstić information content (AvgIpc) is 2.95. The molecule has 0 bridgehead atoms. The quantitative estimate of drug-likeness (QED) is 0.743. The van der Waals surface area contributed by atoms with Crippen LogP contribution in [0.1, 0.15) is 16.3 Å². The third-order valence-electron chi connectivity index (χ3n) is 2.72. The molecule has 0 fully saturated rings. The molecule has 0 spiro atoms. The van der Waals surface area contributed by atoms with Crippen LogP contribution in [0.25, 0.3) is 0 Å². The third kappa shape index (κ3) is 3.39. The van der Waals surface area contributed by atoms with Gasteiger partial charge in [0, 0.05) is 18.0 Å². The number of nitrogens with one attached hydrogen (secondary N) is 2. The molecule has 0 aliphatic carbocycles. The van der Waals surface area contributed by atoms with Crippen LogP contribution >= 0.6 is 22.9 Å². The Morgan fingerprint density at radius 3 is 2.85 bits per heavy atom. The Kier molecular flexibility index (Phi) is 4.82. The molecule has 0 unspecified atom stereocenters. The van der Waals surface area contributed by atoms with Crippen molar-refractivity contribution in [3.05, 3.63) is 32.7 Å². The molecule has 2 aromatic rings. The topological polar surface area (TPSA) is 101 Å². The second-order valence-electron chi connectivity index (χ2n) is 4.18. The van der Waals surface area contributed by atoms with Crippen molar-refractivity contribution in [2.45, 2.75) is 24.8 Å². The number of halogens is 1. The van der Waals surface area contributed by atoms with Gasteiger partial charge in [0.2, 0.25) is 10.0 Å². The maximum Gasteiger partial charge on any atom is 0.244 e. The average molecular weight is 335 g/mol. The van der Waals surface area contributed by atoms with Gasteiger partial charge in [0.25, 0.3) is 0 Å². The fourth-order valence-electron chi connectivity index (χ4n) is 1.83. The number of nitrogens with two attached hydrogens (primary N) is 1. The number of rotatable bonds is 6. The van der Waals surface area contributed by atoms with Gasteiger partial charge >= 0.3 is 0 Å². The van der Waals surface area contributed by atoms with E-state index in [0.717, 1.165) is 4.88 Å². The molecule has 0 aromatic carbocycles. The van der Waals surface area contributed by atoms with Gasteiger partial charge in [-0.15, -0.1) is 11.3 Å². The smallest absolute Gasteiger partial charge is 0.244 e. The van der Waals surface area contributed by atoms with E-state index in [9.17, 15) is 8.42 Å². The molecule has 0 saturated carbocycles. The van der Waals surface area contributed by atoms with Crippen LogP contribution in [0, 0.1) is 6.92 Å². The summed E-state index contributed by atoms with van der Waals surface area (Å²) in [4.78, 5) is 1.17. The number of hydrogen-bond donors (Lipinski definition) is 3. The maximum absolute atomic E-state index is 12.2. The lowest BCUT2D eigenvalue weighted by molar-refractivity contribution is 0.580. The van der Waals surface area contributed by atoms with Gasteiger partial charge in [-0.25, -0.2) is 13.1 Å². The molecule has 2 heterocycles. The van der Waals surface area contributed by atoms with Crippen LogP contribution in [0.5, 0.6) is 0 Å². The van der Waals surface area contributed by atoms with Crippen molar-refractivity contribution in [3.63, 3.8) is 0 Å². The largest absolute Gasteiger partial charge is 0.325 e. The predicted molar refractivity (Wildman–Crippen MR) is 79.4 cm³/mol. The van der Waals surface area contributed by atoms with Crippen LogP contribution in [0.4, 0.5) is 0 Å². The zero-order valence-corrected chi connectivity index (χ0v) is 13.2. The number of aromatic nitrogens is 2. The molecular formula is C11H15ClN4O2S2. The lowest BCUT2D eigenvalue weighted by Gasteiger charge is -2.06. The van der Waals surface area contributed by atoms with E-state index in [1.165, 1.54) is 11.3 Å². The number of nitrogens with zero attached hydrogens (tertiary/aromatic N) is 1. The van der Waals surface area contributed by atoms with Crippen LogP contribution in [0.2, 0.25) is 4.34 Å². The van der Waals surface area contributed by atoms with E-state index in [-0.39, 0.29) is 11.4 Å². The highest BCUT2D eigenvalue weighted by Crippen LogP contribution is 2.22. The second-order valence-corrected chi connectivity index (χ2v) is 7.69. The van der Waals surface area contributed by atoms with E-state index in [0.29, 0.717) is 28.7 Å². The summed E-state index contributed by atoms with van der Waals surface area (Å²) in [5.41, 5.74) is 6.32. The molecule has 20 heavy (non-hydrogen) atoms. The maximum atomic E-state index is 12.2. The summed E-state index contributed by atoms with van der Waals surface area (Å²) in [5, 5.41) is 6.53. The second kappa shape index (κ2) is 6.23. The summed E-state index contributed by atoms with van der Waals surface area (Å²) < 4.78 is 27.7.